The summed E-state index contributed by atoms with van der Waals surface area (Å²) in [6.45, 7) is 6.84. The van der Waals surface area contributed by atoms with Gasteiger partial charge in [-0.25, -0.2) is 4.98 Å². The molecule has 1 amide bonds. The molecule has 32 heavy (non-hydrogen) atoms. The topological polar surface area (TPSA) is 55.2 Å². The molecule has 1 unspecified atom stereocenters. The van der Waals surface area contributed by atoms with E-state index in [-0.39, 0.29) is 16.7 Å². The summed E-state index contributed by atoms with van der Waals surface area (Å²) in [5.74, 6) is 0.0569. The van der Waals surface area contributed by atoms with E-state index in [1.165, 1.54) is 40.6 Å². The number of carbonyl (C=O) groups is 1. The van der Waals surface area contributed by atoms with E-state index in [0.717, 1.165) is 41.6 Å². The molecule has 2 aliphatic rings. The minimum absolute atomic E-state index is 0.00275. The summed E-state index contributed by atoms with van der Waals surface area (Å²) in [4.78, 5) is 35.7. The average molecular weight is 466 g/mol. The van der Waals surface area contributed by atoms with Crippen LogP contribution in [0.15, 0.2) is 46.9 Å². The summed E-state index contributed by atoms with van der Waals surface area (Å²) >= 11 is 3.04. The maximum atomic E-state index is 13.5. The van der Waals surface area contributed by atoms with Gasteiger partial charge in [0.15, 0.2) is 5.16 Å². The van der Waals surface area contributed by atoms with E-state index in [2.05, 4.69) is 12.6 Å². The molecule has 3 heterocycles. The third kappa shape index (κ3) is 3.71. The van der Waals surface area contributed by atoms with Crippen LogP contribution in [0.1, 0.15) is 42.2 Å². The molecule has 166 valence electrons. The Hall–Kier alpha value is -2.38. The molecule has 5 nitrogen and oxygen atoms in total. The standard InChI is InChI=1S/C25H27N3O2S2/c1-3-14-28-24(30)21-18-10-5-4-6-12-20(18)32-22(21)26-25(28)31-16(2)23(29)27-15-13-17-9-7-8-11-19(17)27/h3,7-9,11,16H,1,4-6,10,12-15H2,2H3. The highest BCUT2D eigenvalue weighted by Gasteiger charge is 2.30. The third-order valence-corrected chi connectivity index (χ3v) is 8.65. The molecule has 0 saturated carbocycles. The van der Waals surface area contributed by atoms with Crippen LogP contribution in [0, 0.1) is 0 Å². The first-order valence-electron chi connectivity index (χ1n) is 11.3. The summed E-state index contributed by atoms with van der Waals surface area (Å²) in [5, 5.41) is 1.04. The van der Waals surface area contributed by atoms with Crippen molar-refractivity contribution in [2.75, 3.05) is 11.4 Å². The van der Waals surface area contributed by atoms with E-state index in [4.69, 9.17) is 4.98 Å². The monoisotopic (exact) mass is 465 g/mol. The van der Waals surface area contributed by atoms with E-state index in [1.54, 1.807) is 22.0 Å². The number of carbonyl (C=O) groups excluding carboxylic acids is 1. The van der Waals surface area contributed by atoms with Crippen molar-refractivity contribution >= 4 is 44.9 Å². The van der Waals surface area contributed by atoms with E-state index < -0.39 is 0 Å². The van der Waals surface area contributed by atoms with Crippen molar-refractivity contribution in [2.45, 2.75) is 62.4 Å². The van der Waals surface area contributed by atoms with Gasteiger partial charge in [-0.1, -0.05) is 42.5 Å². The molecule has 0 fully saturated rings. The lowest BCUT2D eigenvalue weighted by atomic mass is 10.1. The van der Waals surface area contributed by atoms with Gasteiger partial charge in [0.05, 0.1) is 10.6 Å². The van der Waals surface area contributed by atoms with Gasteiger partial charge in [-0.2, -0.15) is 0 Å². The lowest BCUT2D eigenvalue weighted by Gasteiger charge is -2.22. The fraction of sp³-hybridized carbons (Fsp3) is 0.400. The Labute approximate surface area is 196 Å². The predicted octanol–water partition coefficient (Wildman–Crippen LogP) is 4.98. The number of allylic oxidation sites excluding steroid dienone is 1. The fourth-order valence-electron chi connectivity index (χ4n) is 4.77. The number of hydrogen-bond acceptors (Lipinski definition) is 5. The number of aryl methyl sites for hydroxylation is 2. The Morgan fingerprint density at radius 3 is 2.91 bits per heavy atom. The molecule has 7 heteroatoms. The minimum atomic E-state index is -0.348. The van der Waals surface area contributed by atoms with Crippen LogP contribution < -0.4 is 10.5 Å². The second-order valence-corrected chi connectivity index (χ2v) is 10.9. The van der Waals surface area contributed by atoms with Crippen LogP contribution in [-0.4, -0.2) is 27.3 Å². The summed E-state index contributed by atoms with van der Waals surface area (Å²) in [6, 6.07) is 8.08. The van der Waals surface area contributed by atoms with Gasteiger partial charge in [0.2, 0.25) is 5.91 Å². The molecule has 2 aromatic heterocycles. The normalized spacial score (nSPS) is 16.5. The second kappa shape index (κ2) is 8.87. The summed E-state index contributed by atoms with van der Waals surface area (Å²) < 4.78 is 1.69. The van der Waals surface area contributed by atoms with Crippen molar-refractivity contribution in [2.24, 2.45) is 0 Å². The molecule has 3 aromatic rings. The minimum Gasteiger partial charge on any atom is -0.311 e. The molecule has 0 radical (unpaired) electrons. The maximum Gasteiger partial charge on any atom is 0.263 e. The first-order valence-corrected chi connectivity index (χ1v) is 13.0. The van der Waals surface area contributed by atoms with Crippen molar-refractivity contribution in [3.63, 3.8) is 0 Å². The van der Waals surface area contributed by atoms with Gasteiger partial charge >= 0.3 is 0 Å². The number of thiophene rings is 1. The molecule has 0 spiro atoms. The van der Waals surface area contributed by atoms with E-state index in [1.807, 2.05) is 30.0 Å². The number of rotatable bonds is 5. The Balaban J connectivity index is 1.49. The molecule has 0 bridgehead atoms. The number of benzene rings is 1. The number of amides is 1. The first kappa shape index (κ1) is 21.5. The van der Waals surface area contributed by atoms with Crippen molar-refractivity contribution in [3.05, 3.63) is 63.3 Å². The Bertz CT molecular complexity index is 1260. The zero-order chi connectivity index (χ0) is 22.2. The highest BCUT2D eigenvalue weighted by atomic mass is 32.2. The van der Waals surface area contributed by atoms with Crippen molar-refractivity contribution < 1.29 is 4.79 Å². The van der Waals surface area contributed by atoms with Gasteiger partial charge in [0.1, 0.15) is 4.83 Å². The lowest BCUT2D eigenvalue weighted by Crippen LogP contribution is -2.35. The average Bonchev–Trinajstić information content (AvgIpc) is 3.29. The smallest absolute Gasteiger partial charge is 0.263 e. The molecular formula is C25H27N3O2S2. The van der Waals surface area contributed by atoms with Gasteiger partial charge in [-0.05, 0) is 56.2 Å². The lowest BCUT2D eigenvalue weighted by molar-refractivity contribution is -0.117. The number of fused-ring (bicyclic) bond motifs is 4. The number of anilines is 1. The number of hydrogen-bond donors (Lipinski definition) is 0. The largest absolute Gasteiger partial charge is 0.311 e. The number of aromatic nitrogens is 2. The fourth-order valence-corrected chi connectivity index (χ4v) is 7.05. The van der Waals surface area contributed by atoms with Crippen LogP contribution >= 0.6 is 23.1 Å². The molecule has 5 rings (SSSR count). The van der Waals surface area contributed by atoms with Crippen molar-refractivity contribution in [1.29, 1.82) is 0 Å². The SMILES string of the molecule is C=CCn1c(SC(C)C(=O)N2CCc3ccccc32)nc2sc3c(c2c1=O)CCCCC3. The van der Waals surface area contributed by atoms with Gasteiger partial charge in [0, 0.05) is 23.7 Å². The summed E-state index contributed by atoms with van der Waals surface area (Å²) in [6.07, 6.45) is 8.10. The summed E-state index contributed by atoms with van der Waals surface area (Å²) in [5.41, 5.74) is 3.41. The molecular weight excluding hydrogens is 438 g/mol. The van der Waals surface area contributed by atoms with Crippen molar-refractivity contribution in [1.82, 2.24) is 9.55 Å². The second-order valence-electron chi connectivity index (χ2n) is 8.47. The van der Waals surface area contributed by atoms with E-state index in [0.29, 0.717) is 18.2 Å². The maximum absolute atomic E-state index is 13.5. The Morgan fingerprint density at radius 1 is 1.25 bits per heavy atom. The third-order valence-electron chi connectivity index (χ3n) is 6.38. The van der Waals surface area contributed by atoms with Crippen LogP contribution in [0.4, 0.5) is 5.69 Å². The highest BCUT2D eigenvalue weighted by Crippen LogP contribution is 2.35. The molecule has 1 aliphatic carbocycles. The van der Waals surface area contributed by atoms with Gasteiger partial charge in [0.25, 0.3) is 5.56 Å². The predicted molar refractivity (Wildman–Crippen MR) is 133 cm³/mol. The number of nitrogens with zero attached hydrogens (tertiary/aromatic N) is 3. The van der Waals surface area contributed by atoms with Gasteiger partial charge in [-0.15, -0.1) is 17.9 Å². The molecule has 0 N–H and O–H groups in total. The summed E-state index contributed by atoms with van der Waals surface area (Å²) in [7, 11) is 0. The Morgan fingerprint density at radius 2 is 2.06 bits per heavy atom. The van der Waals surface area contributed by atoms with Crippen LogP contribution in [0.2, 0.25) is 0 Å². The van der Waals surface area contributed by atoms with Crippen LogP contribution in [0.25, 0.3) is 10.2 Å². The van der Waals surface area contributed by atoms with Crippen molar-refractivity contribution in [3.8, 4) is 0 Å². The van der Waals surface area contributed by atoms with Gasteiger partial charge < -0.3 is 4.90 Å². The van der Waals surface area contributed by atoms with Crippen LogP contribution in [-0.2, 0) is 30.6 Å². The van der Waals surface area contributed by atoms with Gasteiger partial charge in [-0.3, -0.25) is 14.2 Å². The van der Waals surface area contributed by atoms with E-state index in [9.17, 15) is 9.59 Å². The molecule has 0 saturated heterocycles. The quantitative estimate of drug-likeness (QED) is 0.231. The molecule has 1 aliphatic heterocycles. The molecule has 1 atom stereocenters. The van der Waals surface area contributed by atoms with Crippen LogP contribution in [0.3, 0.4) is 0 Å². The zero-order valence-corrected chi connectivity index (χ0v) is 19.9. The highest BCUT2D eigenvalue weighted by molar-refractivity contribution is 8.00. The number of thioether (sulfide) groups is 1. The molecule has 1 aromatic carbocycles. The first-order chi connectivity index (χ1) is 15.6. The Kier molecular flexibility index (Phi) is 5.95. The van der Waals surface area contributed by atoms with E-state index >= 15 is 0 Å². The zero-order valence-electron chi connectivity index (χ0n) is 18.3. The van der Waals surface area contributed by atoms with Crippen LogP contribution in [0.5, 0.6) is 0 Å². The number of para-hydroxylation sites is 1.